The molecule has 1 aliphatic carbocycles. The van der Waals surface area contributed by atoms with E-state index in [2.05, 4.69) is 9.97 Å². The Balaban J connectivity index is 2.00. The number of carbonyl (C=O) groups is 1. The quantitative estimate of drug-likeness (QED) is 0.921. The number of ketones is 1. The Hall–Kier alpha value is -2.30. The smallest absolute Gasteiger partial charge is 0.220 e. The molecule has 5 heteroatoms. The first kappa shape index (κ1) is 13.7. The highest BCUT2D eigenvalue weighted by Gasteiger charge is 2.30. The normalized spacial score (nSPS) is 17.6. The molecule has 0 aliphatic heterocycles. The number of nitrogen functional groups attached to an aromatic ring is 1. The van der Waals surface area contributed by atoms with E-state index in [1.807, 2.05) is 6.92 Å². The van der Waals surface area contributed by atoms with Crippen molar-refractivity contribution in [2.45, 2.75) is 32.1 Å². The van der Waals surface area contributed by atoms with Gasteiger partial charge in [0.05, 0.1) is 17.0 Å². The van der Waals surface area contributed by atoms with Crippen molar-refractivity contribution in [1.29, 1.82) is 0 Å². The predicted octanol–water partition coefficient (Wildman–Crippen LogP) is 2.67. The predicted molar refractivity (Wildman–Crippen MR) is 77.6 cm³/mol. The zero-order chi connectivity index (χ0) is 15.0. The van der Waals surface area contributed by atoms with Crippen LogP contribution in [0.15, 0.2) is 24.3 Å². The molecule has 2 N–H and O–H groups in total. The van der Waals surface area contributed by atoms with Crippen LogP contribution in [0.2, 0.25) is 0 Å². The van der Waals surface area contributed by atoms with E-state index in [0.29, 0.717) is 30.5 Å². The van der Waals surface area contributed by atoms with E-state index in [4.69, 9.17) is 5.73 Å². The van der Waals surface area contributed by atoms with E-state index in [1.165, 1.54) is 12.1 Å². The van der Waals surface area contributed by atoms with Crippen LogP contribution in [-0.2, 0) is 12.8 Å². The highest BCUT2D eigenvalue weighted by Crippen LogP contribution is 2.33. The number of aryl methyl sites for hydroxylation is 1. The molecule has 1 aliphatic rings. The summed E-state index contributed by atoms with van der Waals surface area (Å²) in [4.78, 5) is 20.8. The third-order valence-corrected chi connectivity index (χ3v) is 3.90. The molecule has 1 heterocycles. The van der Waals surface area contributed by atoms with Crippen LogP contribution in [0.4, 0.5) is 10.3 Å². The summed E-state index contributed by atoms with van der Waals surface area (Å²) in [5, 5.41) is 0. The number of rotatable bonds is 2. The lowest BCUT2D eigenvalue weighted by Gasteiger charge is -2.24. The van der Waals surface area contributed by atoms with Gasteiger partial charge in [0.2, 0.25) is 5.95 Å². The molecule has 0 radical (unpaired) electrons. The minimum atomic E-state index is -0.277. The average molecular weight is 285 g/mol. The summed E-state index contributed by atoms with van der Waals surface area (Å²) in [6.45, 7) is 1.95. The number of hydrogen-bond acceptors (Lipinski definition) is 4. The van der Waals surface area contributed by atoms with Gasteiger partial charge in [-0.05, 0) is 36.5 Å². The number of benzene rings is 1. The topological polar surface area (TPSA) is 68.9 Å². The second-order valence-corrected chi connectivity index (χ2v) is 5.28. The third kappa shape index (κ3) is 2.51. The fourth-order valence-electron chi connectivity index (χ4n) is 2.91. The first-order chi connectivity index (χ1) is 10.1. The zero-order valence-corrected chi connectivity index (χ0v) is 11.8. The highest BCUT2D eigenvalue weighted by atomic mass is 19.1. The largest absolute Gasteiger partial charge is 0.368 e. The van der Waals surface area contributed by atoms with Gasteiger partial charge in [0, 0.05) is 6.42 Å². The van der Waals surface area contributed by atoms with Crippen LogP contribution in [0.1, 0.15) is 46.6 Å². The maximum Gasteiger partial charge on any atom is 0.220 e. The average Bonchev–Trinajstić information content (AvgIpc) is 2.46. The second-order valence-electron chi connectivity index (χ2n) is 5.28. The Bertz CT molecular complexity index is 697. The molecule has 0 saturated heterocycles. The van der Waals surface area contributed by atoms with Crippen LogP contribution in [-0.4, -0.2) is 15.8 Å². The molecule has 1 aromatic carbocycles. The monoisotopic (exact) mass is 285 g/mol. The lowest BCUT2D eigenvalue weighted by Crippen LogP contribution is -2.23. The van der Waals surface area contributed by atoms with Gasteiger partial charge in [-0.3, -0.25) is 4.79 Å². The molecule has 21 heavy (non-hydrogen) atoms. The Morgan fingerprint density at radius 3 is 2.62 bits per heavy atom. The highest BCUT2D eigenvalue weighted by molar-refractivity contribution is 5.99. The molecule has 0 spiro atoms. The molecule has 1 unspecified atom stereocenters. The summed E-state index contributed by atoms with van der Waals surface area (Å²) in [6, 6.07) is 6.29. The number of aromatic nitrogens is 2. The van der Waals surface area contributed by atoms with Gasteiger partial charge in [-0.1, -0.05) is 19.1 Å². The standard InChI is InChI=1S/C16H16FN3O/c1-2-12-15-13(20-16(18)19-12)7-10(8-14(15)21)9-3-5-11(17)6-4-9/h3-6,10H,2,7-8H2,1H3,(H2,18,19,20). The first-order valence-electron chi connectivity index (χ1n) is 7.02. The number of hydrogen-bond donors (Lipinski definition) is 1. The lowest BCUT2D eigenvalue weighted by molar-refractivity contribution is 0.0961. The summed E-state index contributed by atoms with van der Waals surface area (Å²) in [7, 11) is 0. The van der Waals surface area contributed by atoms with E-state index >= 15 is 0 Å². The number of halogens is 1. The summed E-state index contributed by atoms with van der Waals surface area (Å²) in [5.41, 5.74) is 8.74. The Morgan fingerprint density at radius 1 is 1.24 bits per heavy atom. The molecule has 3 rings (SSSR count). The molecule has 0 amide bonds. The summed E-state index contributed by atoms with van der Waals surface area (Å²) < 4.78 is 13.0. The summed E-state index contributed by atoms with van der Waals surface area (Å²) in [6.07, 6.45) is 1.69. The minimum Gasteiger partial charge on any atom is -0.368 e. The van der Waals surface area contributed by atoms with Crippen molar-refractivity contribution in [2.75, 3.05) is 5.73 Å². The number of fused-ring (bicyclic) bond motifs is 1. The first-order valence-corrected chi connectivity index (χ1v) is 7.02. The van der Waals surface area contributed by atoms with E-state index in [9.17, 15) is 9.18 Å². The molecular weight excluding hydrogens is 269 g/mol. The van der Waals surface area contributed by atoms with Crippen molar-refractivity contribution < 1.29 is 9.18 Å². The van der Waals surface area contributed by atoms with Crippen LogP contribution in [0, 0.1) is 5.82 Å². The van der Waals surface area contributed by atoms with Gasteiger partial charge in [-0.25, -0.2) is 14.4 Å². The van der Waals surface area contributed by atoms with Gasteiger partial charge in [0.15, 0.2) is 5.78 Å². The van der Waals surface area contributed by atoms with Crippen molar-refractivity contribution >= 4 is 11.7 Å². The van der Waals surface area contributed by atoms with Crippen molar-refractivity contribution in [3.05, 3.63) is 52.6 Å². The van der Waals surface area contributed by atoms with Crippen LogP contribution in [0.3, 0.4) is 0 Å². The molecule has 0 saturated carbocycles. The maximum absolute atomic E-state index is 13.0. The zero-order valence-electron chi connectivity index (χ0n) is 11.8. The van der Waals surface area contributed by atoms with Gasteiger partial charge in [-0.15, -0.1) is 0 Å². The van der Waals surface area contributed by atoms with Crippen LogP contribution >= 0.6 is 0 Å². The molecule has 1 atom stereocenters. The molecule has 0 fully saturated rings. The van der Waals surface area contributed by atoms with Crippen LogP contribution in [0.5, 0.6) is 0 Å². The number of nitrogens with two attached hydrogens (primary N) is 1. The maximum atomic E-state index is 13.0. The SMILES string of the molecule is CCc1nc(N)nc2c1C(=O)CC(c1ccc(F)cc1)C2. The fraction of sp³-hybridized carbons (Fsp3) is 0.312. The minimum absolute atomic E-state index is 0.0182. The number of nitrogens with zero attached hydrogens (tertiary/aromatic N) is 2. The van der Waals surface area contributed by atoms with E-state index in [1.54, 1.807) is 12.1 Å². The molecule has 1 aromatic heterocycles. The molecule has 2 aromatic rings. The van der Waals surface area contributed by atoms with Crippen molar-refractivity contribution in [2.24, 2.45) is 0 Å². The van der Waals surface area contributed by atoms with Gasteiger partial charge in [0.25, 0.3) is 0 Å². The molecule has 4 nitrogen and oxygen atoms in total. The van der Waals surface area contributed by atoms with Gasteiger partial charge in [0.1, 0.15) is 5.82 Å². The Morgan fingerprint density at radius 2 is 1.95 bits per heavy atom. The van der Waals surface area contributed by atoms with Crippen molar-refractivity contribution in [1.82, 2.24) is 9.97 Å². The number of Topliss-reactive ketones (excluding diaryl/α,β-unsaturated/α-hetero) is 1. The van der Waals surface area contributed by atoms with Gasteiger partial charge >= 0.3 is 0 Å². The summed E-state index contributed by atoms with van der Waals surface area (Å²) in [5.74, 6) is -0.00804. The van der Waals surface area contributed by atoms with Crippen molar-refractivity contribution in [3.63, 3.8) is 0 Å². The second kappa shape index (κ2) is 5.24. The lowest BCUT2D eigenvalue weighted by atomic mass is 9.81. The van der Waals surface area contributed by atoms with Crippen LogP contribution < -0.4 is 5.73 Å². The molecular formula is C16H16FN3O. The number of carbonyl (C=O) groups excluding carboxylic acids is 1. The van der Waals surface area contributed by atoms with Crippen molar-refractivity contribution in [3.8, 4) is 0 Å². The third-order valence-electron chi connectivity index (χ3n) is 3.90. The van der Waals surface area contributed by atoms with Gasteiger partial charge < -0.3 is 5.73 Å². The Kier molecular flexibility index (Phi) is 3.41. The van der Waals surface area contributed by atoms with Crippen LogP contribution in [0.25, 0.3) is 0 Å². The van der Waals surface area contributed by atoms with Gasteiger partial charge in [-0.2, -0.15) is 0 Å². The summed E-state index contributed by atoms with van der Waals surface area (Å²) >= 11 is 0. The fourth-order valence-corrected chi connectivity index (χ4v) is 2.91. The van der Waals surface area contributed by atoms with E-state index in [0.717, 1.165) is 11.3 Å². The van der Waals surface area contributed by atoms with E-state index in [-0.39, 0.29) is 23.5 Å². The number of anilines is 1. The molecule has 0 bridgehead atoms. The van der Waals surface area contributed by atoms with E-state index < -0.39 is 0 Å². The molecule has 108 valence electrons. The Labute approximate surface area is 122 Å².